The van der Waals surface area contributed by atoms with Crippen LogP contribution in [0.25, 0.3) is 0 Å². The topological polar surface area (TPSA) is 6.48 Å². The Bertz CT molecular complexity index is 503. The smallest absolute Gasteiger partial charge is 0.0113 e. The van der Waals surface area contributed by atoms with Crippen LogP contribution in [0.5, 0.6) is 0 Å². The van der Waals surface area contributed by atoms with E-state index in [9.17, 15) is 0 Å². The van der Waals surface area contributed by atoms with E-state index in [1.165, 1.54) is 64.0 Å². The van der Waals surface area contributed by atoms with Gasteiger partial charge < -0.3 is 4.90 Å². The molecule has 1 aromatic rings. The van der Waals surface area contributed by atoms with Gasteiger partial charge in [-0.05, 0) is 54.6 Å². The molecule has 0 N–H and O–H groups in total. The third-order valence-corrected chi connectivity index (χ3v) is 6.30. The molecule has 0 amide bonds. The van der Waals surface area contributed by atoms with E-state index < -0.39 is 0 Å². The van der Waals surface area contributed by atoms with Crippen LogP contribution in [0.3, 0.4) is 0 Å². The predicted octanol–water partition coefficient (Wildman–Crippen LogP) is 4.08. The average Bonchev–Trinajstić information content (AvgIpc) is 3.36. The normalized spacial score (nSPS) is 29.7. The molecule has 1 aromatic carbocycles. The predicted molar refractivity (Wildman–Crippen MR) is 97.0 cm³/mol. The molecule has 2 saturated carbocycles. The summed E-state index contributed by atoms with van der Waals surface area (Å²) in [4.78, 5) is 5.44. The van der Waals surface area contributed by atoms with Gasteiger partial charge in [0.05, 0.1) is 0 Å². The highest BCUT2D eigenvalue weighted by atomic mass is 15.3. The molecular weight excluding hydrogens is 280 g/mol. The third kappa shape index (κ3) is 3.64. The maximum Gasteiger partial charge on any atom is 0.0113 e. The van der Waals surface area contributed by atoms with Gasteiger partial charge in [-0.15, -0.1) is 0 Å². The van der Waals surface area contributed by atoms with E-state index in [4.69, 9.17) is 0 Å². The summed E-state index contributed by atoms with van der Waals surface area (Å²) in [6, 6.07) is 10.4. The van der Waals surface area contributed by atoms with E-state index in [-0.39, 0.29) is 0 Å². The monoisotopic (exact) mass is 312 g/mol. The van der Waals surface area contributed by atoms with Gasteiger partial charge in [0.2, 0.25) is 0 Å². The van der Waals surface area contributed by atoms with Crippen molar-refractivity contribution in [2.75, 3.05) is 32.7 Å². The Hall–Kier alpha value is -0.860. The molecule has 3 fully saturated rings. The average molecular weight is 313 g/mol. The van der Waals surface area contributed by atoms with Crippen LogP contribution >= 0.6 is 0 Å². The summed E-state index contributed by atoms with van der Waals surface area (Å²) in [5, 5.41) is 0. The quantitative estimate of drug-likeness (QED) is 0.808. The second-order valence-electron chi connectivity index (χ2n) is 8.42. The van der Waals surface area contributed by atoms with Gasteiger partial charge in [-0.3, -0.25) is 4.90 Å². The fourth-order valence-electron chi connectivity index (χ4n) is 4.43. The van der Waals surface area contributed by atoms with Crippen LogP contribution in [-0.4, -0.2) is 48.6 Å². The molecule has 0 bridgehead atoms. The van der Waals surface area contributed by atoms with Gasteiger partial charge in [-0.1, -0.05) is 38.1 Å². The molecule has 23 heavy (non-hydrogen) atoms. The van der Waals surface area contributed by atoms with Gasteiger partial charge in [-0.2, -0.15) is 0 Å². The van der Waals surface area contributed by atoms with Crippen molar-refractivity contribution in [3.8, 4) is 0 Å². The molecule has 2 nitrogen and oxygen atoms in total. The van der Waals surface area contributed by atoms with E-state index in [1.807, 2.05) is 0 Å². The Balaban J connectivity index is 1.21. The SMILES string of the molecule is CC(C)c1ccc(C2CC(CN3CCN(C4CC4)CC3)C2)cc1. The molecule has 2 aliphatic carbocycles. The molecule has 3 aliphatic rings. The van der Waals surface area contributed by atoms with Crippen molar-refractivity contribution >= 4 is 0 Å². The van der Waals surface area contributed by atoms with Crippen LogP contribution in [0.4, 0.5) is 0 Å². The largest absolute Gasteiger partial charge is 0.301 e. The fraction of sp³-hybridized carbons (Fsp3) is 0.714. The minimum Gasteiger partial charge on any atom is -0.301 e. The Morgan fingerprint density at radius 3 is 2.17 bits per heavy atom. The number of piperazine rings is 1. The number of nitrogens with zero attached hydrogens (tertiary/aromatic N) is 2. The van der Waals surface area contributed by atoms with Gasteiger partial charge >= 0.3 is 0 Å². The molecule has 1 aliphatic heterocycles. The highest BCUT2D eigenvalue weighted by Crippen LogP contribution is 2.42. The van der Waals surface area contributed by atoms with E-state index in [1.54, 1.807) is 5.56 Å². The number of hydrogen-bond donors (Lipinski definition) is 0. The molecule has 126 valence electrons. The fourth-order valence-corrected chi connectivity index (χ4v) is 4.43. The second-order valence-corrected chi connectivity index (χ2v) is 8.42. The Kier molecular flexibility index (Phi) is 4.47. The Labute approximate surface area is 141 Å². The number of benzene rings is 1. The summed E-state index contributed by atoms with van der Waals surface area (Å²) in [5.74, 6) is 2.42. The van der Waals surface area contributed by atoms with Crippen molar-refractivity contribution in [1.29, 1.82) is 0 Å². The van der Waals surface area contributed by atoms with Crippen LogP contribution in [-0.2, 0) is 0 Å². The third-order valence-electron chi connectivity index (χ3n) is 6.30. The highest BCUT2D eigenvalue weighted by molar-refractivity contribution is 5.28. The lowest BCUT2D eigenvalue weighted by Gasteiger charge is -2.42. The van der Waals surface area contributed by atoms with Crippen LogP contribution in [0, 0.1) is 5.92 Å². The summed E-state index contributed by atoms with van der Waals surface area (Å²) in [6.07, 6.45) is 5.73. The summed E-state index contributed by atoms with van der Waals surface area (Å²) in [7, 11) is 0. The van der Waals surface area contributed by atoms with Gasteiger partial charge in [0.15, 0.2) is 0 Å². The van der Waals surface area contributed by atoms with Crippen LogP contribution in [0.15, 0.2) is 24.3 Å². The van der Waals surface area contributed by atoms with E-state index >= 15 is 0 Å². The molecule has 0 radical (unpaired) electrons. The summed E-state index contributed by atoms with van der Waals surface area (Å²) in [5.41, 5.74) is 3.04. The zero-order valence-electron chi connectivity index (χ0n) is 14.9. The molecule has 0 aromatic heterocycles. The summed E-state index contributed by atoms with van der Waals surface area (Å²) in [6.45, 7) is 11.1. The molecule has 1 heterocycles. The molecule has 4 rings (SSSR count). The van der Waals surface area contributed by atoms with Gasteiger partial charge in [0.1, 0.15) is 0 Å². The summed E-state index contributed by atoms with van der Waals surface area (Å²) >= 11 is 0. The van der Waals surface area contributed by atoms with Crippen molar-refractivity contribution in [3.63, 3.8) is 0 Å². The molecule has 1 saturated heterocycles. The lowest BCUT2D eigenvalue weighted by molar-refractivity contribution is 0.0900. The molecule has 0 spiro atoms. The Morgan fingerprint density at radius 2 is 1.61 bits per heavy atom. The van der Waals surface area contributed by atoms with Crippen molar-refractivity contribution < 1.29 is 0 Å². The second kappa shape index (κ2) is 6.57. The first kappa shape index (κ1) is 15.7. The molecule has 0 unspecified atom stereocenters. The zero-order chi connectivity index (χ0) is 15.8. The first-order valence-corrected chi connectivity index (χ1v) is 9.75. The maximum absolute atomic E-state index is 2.72. The van der Waals surface area contributed by atoms with Crippen molar-refractivity contribution in [3.05, 3.63) is 35.4 Å². The minimum atomic E-state index is 0.646. The van der Waals surface area contributed by atoms with Crippen molar-refractivity contribution in [1.82, 2.24) is 9.80 Å². The molecule has 0 atom stereocenters. The van der Waals surface area contributed by atoms with Gasteiger partial charge in [-0.25, -0.2) is 0 Å². The number of hydrogen-bond acceptors (Lipinski definition) is 2. The number of rotatable bonds is 5. The van der Waals surface area contributed by atoms with Gasteiger partial charge in [0, 0.05) is 38.8 Å². The van der Waals surface area contributed by atoms with E-state index in [0.717, 1.165) is 17.9 Å². The van der Waals surface area contributed by atoms with Crippen LogP contribution in [0.2, 0.25) is 0 Å². The molecular formula is C21H32N2. The minimum absolute atomic E-state index is 0.646. The Morgan fingerprint density at radius 1 is 0.957 bits per heavy atom. The lowest BCUT2D eigenvalue weighted by Crippen LogP contribution is -2.49. The standard InChI is InChI=1S/C21H32N2/c1-16(2)18-3-5-19(6-4-18)20-13-17(14-20)15-22-9-11-23(12-10-22)21-7-8-21/h3-6,16-17,20-21H,7-15H2,1-2H3. The highest BCUT2D eigenvalue weighted by Gasteiger charge is 2.34. The first-order valence-electron chi connectivity index (χ1n) is 9.75. The maximum atomic E-state index is 2.72. The lowest BCUT2D eigenvalue weighted by atomic mass is 9.71. The van der Waals surface area contributed by atoms with E-state index in [0.29, 0.717) is 5.92 Å². The first-order chi connectivity index (χ1) is 11.2. The van der Waals surface area contributed by atoms with E-state index in [2.05, 4.69) is 47.9 Å². The molecule has 2 heteroatoms. The van der Waals surface area contributed by atoms with Gasteiger partial charge in [0.25, 0.3) is 0 Å². The zero-order valence-corrected chi connectivity index (χ0v) is 14.9. The van der Waals surface area contributed by atoms with Crippen LogP contribution in [0.1, 0.15) is 62.5 Å². The summed E-state index contributed by atoms with van der Waals surface area (Å²) < 4.78 is 0. The van der Waals surface area contributed by atoms with Crippen molar-refractivity contribution in [2.24, 2.45) is 5.92 Å². The van der Waals surface area contributed by atoms with Crippen LogP contribution < -0.4 is 0 Å². The van der Waals surface area contributed by atoms with Crippen molar-refractivity contribution in [2.45, 2.75) is 57.4 Å².